The van der Waals surface area contributed by atoms with Gasteiger partial charge in [0.15, 0.2) is 0 Å². The standard InChI is InChI=1S/C8H16N2O3.Bh/c1-5(2)6(7(11)12)9-8(13)10(3)4;/h5-6H,1-4H3,(H,9,13)(H,11,12);/t6-;/m0./s1. The molecule has 0 fully saturated rings. The van der Waals surface area contributed by atoms with Crippen LogP contribution in [0.3, 0.4) is 0 Å². The second-order valence-electron chi connectivity index (χ2n) is 3.40. The largest absolute Gasteiger partial charge is 0.480 e. The predicted octanol–water partition coefficient (Wildman–Crippen LogP) is 0.367. The molecule has 0 aliphatic carbocycles. The Bertz CT molecular complexity index is 207. The Morgan fingerprint density at radius 3 is 1.93 bits per heavy atom. The minimum atomic E-state index is -1.01. The molecule has 0 rings (SSSR count). The summed E-state index contributed by atoms with van der Waals surface area (Å²) in [5.74, 6) is -1.13. The zero-order valence-corrected chi connectivity index (χ0v) is 15.6. The van der Waals surface area contributed by atoms with Crippen LogP contribution in [0.5, 0.6) is 0 Å². The monoisotopic (exact) mass is 458 g/mol. The van der Waals surface area contributed by atoms with Gasteiger partial charge in [0, 0.05) is 14.1 Å². The van der Waals surface area contributed by atoms with Crippen LogP contribution in [0.1, 0.15) is 13.8 Å². The Labute approximate surface area is 77.7 Å². The van der Waals surface area contributed by atoms with Crippen molar-refractivity contribution in [2.24, 2.45) is 5.92 Å². The fourth-order valence-electron chi connectivity index (χ4n) is 0.776. The van der Waals surface area contributed by atoms with Crippen molar-refractivity contribution in [2.75, 3.05) is 14.1 Å². The van der Waals surface area contributed by atoms with E-state index in [1.165, 1.54) is 4.90 Å². The Morgan fingerprint density at radius 2 is 1.71 bits per heavy atom. The van der Waals surface area contributed by atoms with Crippen LogP contribution in [0.4, 0.5) is 4.79 Å². The zero-order chi connectivity index (χ0) is 10.6. The fourth-order valence-corrected chi connectivity index (χ4v) is 0.776. The van der Waals surface area contributed by atoms with Crippen LogP contribution in [-0.4, -0.2) is 42.1 Å². The number of hydrogen-bond donors (Lipinski definition) is 2. The number of hydrogen-bond acceptors (Lipinski definition) is 2. The molecular formula is C8H16BhN2O3. The third kappa shape index (κ3) is 3.94. The van der Waals surface area contributed by atoms with E-state index in [1.54, 1.807) is 27.9 Å². The summed E-state index contributed by atoms with van der Waals surface area (Å²) in [7, 11) is 3.13. The molecule has 0 saturated heterocycles. The summed E-state index contributed by atoms with van der Waals surface area (Å²) in [6.07, 6.45) is 0. The van der Waals surface area contributed by atoms with E-state index in [0.29, 0.717) is 0 Å². The average molecular weight is 458 g/mol. The molecular weight excluding hydrogens is 442 g/mol. The first-order chi connectivity index (χ1) is 5.86. The van der Waals surface area contributed by atoms with Crippen LogP contribution in [0, 0.1) is 5.92 Å². The van der Waals surface area contributed by atoms with Gasteiger partial charge < -0.3 is 15.3 Å². The van der Waals surface area contributed by atoms with E-state index < -0.39 is 12.0 Å². The summed E-state index contributed by atoms with van der Waals surface area (Å²) < 4.78 is 0. The Balaban J connectivity index is 0. The average Bonchev–Trinajstić information content (AvgIpc) is 1.97. The van der Waals surface area contributed by atoms with Gasteiger partial charge in [-0.3, -0.25) is 0 Å². The third-order valence-electron chi connectivity index (χ3n) is 1.62. The number of nitrogens with one attached hydrogen (secondary N) is 1. The van der Waals surface area contributed by atoms with E-state index >= 15 is 0 Å². The minimum Gasteiger partial charge on any atom is -0.480 e. The molecule has 2 amide bonds. The number of rotatable bonds is 3. The van der Waals surface area contributed by atoms with Gasteiger partial charge in [-0.05, 0) is 5.92 Å². The van der Waals surface area contributed by atoms with E-state index in [4.69, 9.17) is 5.11 Å². The number of carbonyl (C=O) groups excluding carboxylic acids is 1. The molecule has 0 aromatic heterocycles. The first kappa shape index (κ1) is 14.3. The molecule has 78 valence electrons. The summed E-state index contributed by atoms with van der Waals surface area (Å²) in [6, 6.07) is -1.21. The van der Waals surface area contributed by atoms with Crippen LogP contribution >= 0.6 is 0 Å². The molecule has 14 heavy (non-hydrogen) atoms. The van der Waals surface area contributed by atoms with E-state index in [2.05, 4.69) is 5.32 Å². The molecule has 0 spiro atoms. The summed E-state index contributed by atoms with van der Waals surface area (Å²) >= 11 is 0. The maximum atomic E-state index is 11.1. The van der Waals surface area contributed by atoms with Gasteiger partial charge in [0.25, 0.3) is 0 Å². The number of carboxylic acids is 1. The van der Waals surface area contributed by atoms with Crippen molar-refractivity contribution in [1.82, 2.24) is 10.2 Å². The molecule has 2 N–H and O–H groups in total. The van der Waals surface area contributed by atoms with Crippen molar-refractivity contribution in [3.8, 4) is 0 Å². The fraction of sp³-hybridized carbons (Fsp3) is 0.750. The Morgan fingerprint density at radius 1 is 1.29 bits per heavy atom. The maximum absolute atomic E-state index is 11.1. The Hall–Kier alpha value is -2.26. The van der Waals surface area contributed by atoms with Gasteiger partial charge in [0.2, 0.25) is 0 Å². The third-order valence-corrected chi connectivity index (χ3v) is 1.62. The van der Waals surface area contributed by atoms with E-state index in [1.807, 2.05) is 0 Å². The quantitative estimate of drug-likeness (QED) is 0.643. The molecule has 6 heteroatoms. The smallest absolute Gasteiger partial charge is 0.326 e. The van der Waals surface area contributed by atoms with Crippen LogP contribution in [0.2, 0.25) is 0 Å². The van der Waals surface area contributed by atoms with E-state index in [-0.39, 0.29) is 11.9 Å². The van der Waals surface area contributed by atoms with E-state index in [9.17, 15) is 9.59 Å². The first-order valence-corrected chi connectivity index (χ1v) is 4.07. The molecule has 0 aliphatic heterocycles. The predicted molar refractivity (Wildman–Crippen MR) is 48.5 cm³/mol. The number of urea groups is 1. The summed E-state index contributed by atoms with van der Waals surface area (Å²) in [5, 5.41) is 11.1. The number of carboxylic acid groups (broad SMARTS) is 1. The number of carbonyl (C=O) groups is 2. The molecule has 0 aromatic rings. The first-order valence-electron chi connectivity index (χ1n) is 4.07. The van der Waals surface area contributed by atoms with Crippen molar-refractivity contribution in [2.45, 2.75) is 19.9 Å². The SMILES string of the molecule is CC(C)[C@H](NC(=O)N(C)C)C(=O)O.[Bh]. The second-order valence-corrected chi connectivity index (χ2v) is 3.40. The number of amides is 2. The molecule has 5 nitrogen and oxygen atoms in total. The van der Waals surface area contributed by atoms with Crippen molar-refractivity contribution < 1.29 is 14.7 Å². The molecule has 0 saturated carbocycles. The van der Waals surface area contributed by atoms with Crippen molar-refractivity contribution in [3.63, 3.8) is 0 Å². The number of aliphatic carboxylic acids is 1. The normalized spacial score (nSPS) is 11.5. The van der Waals surface area contributed by atoms with Gasteiger partial charge in [-0.1, -0.05) is 13.8 Å². The molecule has 0 unspecified atom stereocenters. The minimum absolute atomic E-state index is 0. The molecule has 0 aliphatic rings. The Kier molecular flexibility index (Phi) is 5.50. The molecule has 0 bridgehead atoms. The van der Waals surface area contributed by atoms with Crippen molar-refractivity contribution in [3.05, 3.63) is 0 Å². The van der Waals surface area contributed by atoms with Crippen LogP contribution in [0.15, 0.2) is 0 Å². The summed E-state index contributed by atoms with van der Waals surface area (Å²) in [6.45, 7) is 3.49. The molecule has 0 radical (unpaired) electrons. The van der Waals surface area contributed by atoms with E-state index in [0.717, 1.165) is 0 Å². The van der Waals surface area contributed by atoms with Crippen LogP contribution < -0.4 is 5.32 Å². The second kappa shape index (κ2) is 5.40. The molecule has 0 aromatic carbocycles. The van der Waals surface area contributed by atoms with Crippen LogP contribution in [0.25, 0.3) is 0 Å². The molecule has 0 heterocycles. The van der Waals surface area contributed by atoms with Crippen molar-refractivity contribution >= 4 is 12.0 Å². The van der Waals surface area contributed by atoms with Gasteiger partial charge in [-0.15, -0.1) is 0 Å². The van der Waals surface area contributed by atoms with Gasteiger partial charge in [0.1, 0.15) is 6.04 Å². The molecule has 1 atom stereocenters. The van der Waals surface area contributed by atoms with Gasteiger partial charge in [0.05, 0.1) is 0 Å². The maximum Gasteiger partial charge on any atom is 0.326 e. The summed E-state index contributed by atoms with van der Waals surface area (Å²) in [5.41, 5.74) is 0. The zero-order valence-electron chi connectivity index (χ0n) is 9.07. The van der Waals surface area contributed by atoms with Gasteiger partial charge in [-0.25, -0.2) is 9.59 Å². The van der Waals surface area contributed by atoms with Crippen molar-refractivity contribution in [1.29, 1.82) is 0 Å². The van der Waals surface area contributed by atoms with Gasteiger partial charge in [-0.2, -0.15) is 0 Å². The van der Waals surface area contributed by atoms with Gasteiger partial charge >= 0.3 is 12.0 Å². The van der Waals surface area contributed by atoms with Crippen LogP contribution in [-0.2, 0) is 4.79 Å². The summed E-state index contributed by atoms with van der Waals surface area (Å²) in [4.78, 5) is 23.1. The topological polar surface area (TPSA) is 69.6 Å². The number of nitrogens with zero attached hydrogens (tertiary/aromatic N) is 1.